The van der Waals surface area contributed by atoms with Gasteiger partial charge in [0.05, 0.1) is 23.7 Å². The largest absolute Gasteiger partial charge is 0.454 e. The quantitative estimate of drug-likeness (QED) is 0.290. The minimum absolute atomic E-state index is 0.00141. The van der Waals surface area contributed by atoms with Crippen LogP contribution in [-0.4, -0.2) is 36.2 Å². The van der Waals surface area contributed by atoms with Gasteiger partial charge in [0.1, 0.15) is 5.82 Å². The summed E-state index contributed by atoms with van der Waals surface area (Å²) in [5, 5.41) is 3.63. The van der Waals surface area contributed by atoms with Crippen LogP contribution < -0.4 is 10.2 Å². The number of amides is 2. The van der Waals surface area contributed by atoms with Crippen LogP contribution in [0.2, 0.25) is 5.02 Å². The van der Waals surface area contributed by atoms with E-state index in [0.29, 0.717) is 17.3 Å². The highest BCUT2D eigenvalue weighted by atomic mass is 35.5. The second-order valence-corrected chi connectivity index (χ2v) is 8.26. The van der Waals surface area contributed by atoms with Crippen molar-refractivity contribution in [3.63, 3.8) is 0 Å². The lowest BCUT2D eigenvalue weighted by atomic mass is 10.1. The predicted molar refractivity (Wildman–Crippen MR) is 127 cm³/mol. The Balaban J connectivity index is 1.35. The fourth-order valence-electron chi connectivity index (χ4n) is 3.62. The molecule has 9 heteroatoms. The minimum Gasteiger partial charge on any atom is -0.454 e. The zero-order valence-electron chi connectivity index (χ0n) is 18.4. The topological polar surface area (TPSA) is 92.8 Å². The Kier molecular flexibility index (Phi) is 7.33. The molecule has 178 valence electrons. The number of Topliss-reactive ketones (excluding diaryl/α,β-unsaturated/α-hetero) is 1. The number of ether oxygens (including phenoxy) is 1. The lowest BCUT2D eigenvalue weighted by Gasteiger charge is -2.16. The van der Waals surface area contributed by atoms with E-state index in [0.717, 1.165) is 22.6 Å². The first kappa shape index (κ1) is 24.3. The number of nitrogens with one attached hydrogen (secondary N) is 1. The van der Waals surface area contributed by atoms with E-state index in [2.05, 4.69) is 5.32 Å². The smallest absolute Gasteiger partial charge is 0.338 e. The minimum atomic E-state index is -0.745. The molecule has 0 radical (unpaired) electrons. The van der Waals surface area contributed by atoms with Crippen LogP contribution in [0.3, 0.4) is 0 Å². The highest BCUT2D eigenvalue weighted by Gasteiger charge is 2.39. The average Bonchev–Trinajstić information content (AvgIpc) is 3.15. The van der Waals surface area contributed by atoms with Gasteiger partial charge in [0.2, 0.25) is 5.91 Å². The van der Waals surface area contributed by atoms with E-state index in [-0.39, 0.29) is 23.5 Å². The number of carbonyl (C=O) groups excluding carboxylic acids is 4. The molecular weight excluding hydrogens is 475 g/mol. The van der Waals surface area contributed by atoms with Gasteiger partial charge in [-0.3, -0.25) is 14.4 Å². The maximum Gasteiger partial charge on any atom is 0.338 e. The van der Waals surface area contributed by atoms with E-state index in [1.807, 2.05) is 12.1 Å². The molecule has 0 aliphatic carbocycles. The third-order valence-corrected chi connectivity index (χ3v) is 5.87. The zero-order chi connectivity index (χ0) is 24.9. The van der Waals surface area contributed by atoms with Crippen LogP contribution in [0.15, 0.2) is 72.8 Å². The van der Waals surface area contributed by atoms with Gasteiger partial charge in [-0.05, 0) is 60.2 Å². The molecule has 0 saturated carbocycles. The van der Waals surface area contributed by atoms with Crippen molar-refractivity contribution in [3.8, 4) is 0 Å². The summed E-state index contributed by atoms with van der Waals surface area (Å²) in [6.45, 7) is -0.174. The normalized spacial score (nSPS) is 15.4. The van der Waals surface area contributed by atoms with Crippen LogP contribution in [0.5, 0.6) is 0 Å². The summed E-state index contributed by atoms with van der Waals surface area (Å²) in [5.74, 6) is -2.46. The van der Waals surface area contributed by atoms with Gasteiger partial charge in [-0.25, -0.2) is 14.1 Å². The molecule has 1 heterocycles. The molecular formula is C26H20ClFN2O5. The molecule has 0 spiro atoms. The van der Waals surface area contributed by atoms with Gasteiger partial charge in [-0.15, -0.1) is 0 Å². The van der Waals surface area contributed by atoms with Crippen LogP contribution in [-0.2, 0) is 20.9 Å². The van der Waals surface area contributed by atoms with Crippen LogP contribution in [0, 0.1) is 5.82 Å². The third-order valence-electron chi connectivity index (χ3n) is 5.51. The van der Waals surface area contributed by atoms with Gasteiger partial charge in [-0.2, -0.15) is 0 Å². The number of hydrogen-bond acceptors (Lipinski definition) is 6. The predicted octanol–water partition coefficient (Wildman–Crippen LogP) is 3.94. The van der Waals surface area contributed by atoms with E-state index >= 15 is 0 Å². The molecule has 0 bridgehead atoms. The van der Waals surface area contributed by atoms with Crippen LogP contribution in [0.25, 0.3) is 0 Å². The SMILES string of the molecule is O=C(COC(=O)c1ccc(N2C(=O)CC(NCc3ccccc3Cl)C2=O)cc1)c1ccc(F)cc1. The molecule has 1 aliphatic rings. The fourth-order valence-corrected chi connectivity index (χ4v) is 3.82. The summed E-state index contributed by atoms with van der Waals surface area (Å²) >= 11 is 6.14. The summed E-state index contributed by atoms with van der Waals surface area (Å²) < 4.78 is 18.0. The first-order valence-electron chi connectivity index (χ1n) is 10.7. The molecule has 7 nitrogen and oxygen atoms in total. The van der Waals surface area contributed by atoms with Crippen molar-refractivity contribution in [1.29, 1.82) is 0 Å². The summed E-state index contributed by atoms with van der Waals surface area (Å²) in [6, 6.07) is 17.2. The van der Waals surface area contributed by atoms with E-state index in [1.54, 1.807) is 12.1 Å². The molecule has 1 N–H and O–H groups in total. The van der Waals surface area contributed by atoms with Crippen molar-refractivity contribution in [2.75, 3.05) is 11.5 Å². The molecule has 1 fully saturated rings. The molecule has 1 saturated heterocycles. The number of nitrogens with zero attached hydrogens (tertiary/aromatic N) is 1. The molecule has 3 aromatic rings. The van der Waals surface area contributed by atoms with E-state index in [1.165, 1.54) is 36.4 Å². The first-order valence-corrected chi connectivity index (χ1v) is 11.1. The van der Waals surface area contributed by atoms with Crippen molar-refractivity contribution in [2.45, 2.75) is 19.0 Å². The van der Waals surface area contributed by atoms with E-state index in [9.17, 15) is 23.6 Å². The Morgan fingerprint density at radius 1 is 0.971 bits per heavy atom. The molecule has 3 aromatic carbocycles. The number of benzene rings is 3. The monoisotopic (exact) mass is 494 g/mol. The van der Waals surface area contributed by atoms with Gasteiger partial charge in [0.15, 0.2) is 12.4 Å². The number of rotatable bonds is 8. The Morgan fingerprint density at radius 3 is 2.31 bits per heavy atom. The zero-order valence-corrected chi connectivity index (χ0v) is 19.1. The lowest BCUT2D eigenvalue weighted by Crippen LogP contribution is -2.38. The van der Waals surface area contributed by atoms with Gasteiger partial charge in [0, 0.05) is 17.1 Å². The summed E-state index contributed by atoms with van der Waals surface area (Å²) in [6.07, 6.45) is -0.00141. The lowest BCUT2D eigenvalue weighted by molar-refractivity contribution is -0.121. The number of hydrogen-bond donors (Lipinski definition) is 1. The Morgan fingerprint density at radius 2 is 1.63 bits per heavy atom. The number of ketones is 1. The molecule has 1 unspecified atom stereocenters. The van der Waals surface area contributed by atoms with Crippen molar-refractivity contribution >= 4 is 40.9 Å². The van der Waals surface area contributed by atoms with Gasteiger partial charge in [-0.1, -0.05) is 29.8 Å². The Hall–Kier alpha value is -3.88. The van der Waals surface area contributed by atoms with Crippen molar-refractivity contribution < 1.29 is 28.3 Å². The van der Waals surface area contributed by atoms with Gasteiger partial charge in [0.25, 0.3) is 5.91 Å². The number of carbonyl (C=O) groups is 4. The van der Waals surface area contributed by atoms with Crippen LogP contribution in [0.4, 0.5) is 10.1 Å². The molecule has 4 rings (SSSR count). The van der Waals surface area contributed by atoms with Gasteiger partial charge >= 0.3 is 5.97 Å². The molecule has 0 aromatic heterocycles. The highest BCUT2D eigenvalue weighted by Crippen LogP contribution is 2.24. The fraction of sp³-hybridized carbons (Fsp3) is 0.154. The number of halogens is 2. The Bertz CT molecular complexity index is 1280. The summed E-state index contributed by atoms with van der Waals surface area (Å²) in [7, 11) is 0. The van der Waals surface area contributed by atoms with Crippen LogP contribution >= 0.6 is 11.6 Å². The van der Waals surface area contributed by atoms with Gasteiger partial charge < -0.3 is 10.1 Å². The maximum atomic E-state index is 13.0. The second kappa shape index (κ2) is 10.6. The maximum absolute atomic E-state index is 13.0. The molecule has 2 amide bonds. The molecule has 1 atom stereocenters. The summed E-state index contributed by atoms with van der Waals surface area (Å²) in [5.41, 5.74) is 1.50. The average molecular weight is 495 g/mol. The summed E-state index contributed by atoms with van der Waals surface area (Å²) in [4.78, 5) is 50.8. The highest BCUT2D eigenvalue weighted by molar-refractivity contribution is 6.31. The third kappa shape index (κ3) is 5.62. The van der Waals surface area contributed by atoms with E-state index in [4.69, 9.17) is 16.3 Å². The van der Waals surface area contributed by atoms with Crippen molar-refractivity contribution in [3.05, 3.63) is 100 Å². The molecule has 1 aliphatic heterocycles. The van der Waals surface area contributed by atoms with Crippen molar-refractivity contribution in [1.82, 2.24) is 5.32 Å². The van der Waals surface area contributed by atoms with E-state index < -0.39 is 36.1 Å². The van der Waals surface area contributed by atoms with Crippen LogP contribution in [0.1, 0.15) is 32.7 Å². The standard InChI is InChI=1S/C26H20ClFN2O5/c27-21-4-2-1-3-18(21)14-29-22-13-24(32)30(25(22)33)20-11-7-17(8-12-20)26(34)35-15-23(31)16-5-9-19(28)10-6-16/h1-12,22,29H,13-15H2. The Labute approximate surface area is 205 Å². The number of anilines is 1. The number of esters is 1. The molecule has 35 heavy (non-hydrogen) atoms. The second-order valence-electron chi connectivity index (χ2n) is 7.85. The first-order chi connectivity index (χ1) is 16.8. The number of imide groups is 1. The van der Waals surface area contributed by atoms with Crippen molar-refractivity contribution in [2.24, 2.45) is 0 Å².